The van der Waals surface area contributed by atoms with Crippen molar-refractivity contribution in [2.24, 2.45) is 4.99 Å². The smallest absolute Gasteiger partial charge is 0.325 e. The summed E-state index contributed by atoms with van der Waals surface area (Å²) in [5, 5.41) is 9.59. The van der Waals surface area contributed by atoms with Crippen LogP contribution in [0.15, 0.2) is 39.0 Å². The number of aliphatic imine (C=N–C) groups is 1. The van der Waals surface area contributed by atoms with Gasteiger partial charge in [-0.3, -0.25) is 9.78 Å². The minimum absolute atomic E-state index is 0.0628. The minimum Gasteiger partial charge on any atom is -0.507 e. The lowest BCUT2D eigenvalue weighted by Crippen LogP contribution is -2.20. The second-order valence-corrected chi connectivity index (χ2v) is 4.66. The van der Waals surface area contributed by atoms with E-state index in [-0.39, 0.29) is 11.4 Å². The highest BCUT2D eigenvalue weighted by molar-refractivity contribution is 14.1. The number of nitrogens with zero attached hydrogens (tertiary/aromatic N) is 1. The van der Waals surface area contributed by atoms with Crippen LogP contribution in [0.25, 0.3) is 0 Å². The molecule has 1 heterocycles. The van der Waals surface area contributed by atoms with Crippen LogP contribution in [0.3, 0.4) is 0 Å². The van der Waals surface area contributed by atoms with Crippen molar-refractivity contribution in [2.75, 3.05) is 0 Å². The number of nitrogens with one attached hydrogen (secondary N) is 2. The summed E-state index contributed by atoms with van der Waals surface area (Å²) in [6.45, 7) is 0. The Balaban J connectivity index is 2.38. The quantitative estimate of drug-likeness (QED) is 0.555. The highest BCUT2D eigenvalue weighted by atomic mass is 127. The number of aromatic nitrogens is 2. The molecule has 0 saturated carbocycles. The van der Waals surface area contributed by atoms with E-state index in [2.05, 4.69) is 37.6 Å². The van der Waals surface area contributed by atoms with Crippen LogP contribution in [0.5, 0.6) is 5.75 Å². The standard InChI is InChI=1S/C11H8IN3O3/c12-7-1-2-9(16)6(3-7)4-13-8-5-14-11(18)15-10(8)17/h1-5,16H,(H2,14,15,17,18)/b13-4+. The van der Waals surface area contributed by atoms with Crippen LogP contribution >= 0.6 is 22.6 Å². The van der Waals surface area contributed by atoms with E-state index in [4.69, 9.17) is 0 Å². The molecule has 0 saturated heterocycles. The number of aromatic amines is 2. The number of halogens is 1. The lowest BCUT2D eigenvalue weighted by atomic mass is 10.2. The van der Waals surface area contributed by atoms with E-state index in [1.165, 1.54) is 12.4 Å². The highest BCUT2D eigenvalue weighted by Crippen LogP contribution is 2.18. The molecule has 0 atom stereocenters. The molecule has 7 heteroatoms. The van der Waals surface area contributed by atoms with Crippen LogP contribution in [-0.2, 0) is 0 Å². The Morgan fingerprint density at radius 1 is 1.33 bits per heavy atom. The van der Waals surface area contributed by atoms with E-state index in [1.54, 1.807) is 18.2 Å². The van der Waals surface area contributed by atoms with Crippen molar-refractivity contribution in [3.05, 3.63) is 54.4 Å². The van der Waals surface area contributed by atoms with Gasteiger partial charge >= 0.3 is 5.69 Å². The number of aromatic hydroxyl groups is 1. The van der Waals surface area contributed by atoms with Gasteiger partial charge in [0.15, 0.2) is 0 Å². The maximum absolute atomic E-state index is 11.4. The largest absolute Gasteiger partial charge is 0.507 e. The molecule has 2 aromatic rings. The molecule has 0 fully saturated rings. The molecule has 1 aromatic heterocycles. The second-order valence-electron chi connectivity index (χ2n) is 3.42. The summed E-state index contributed by atoms with van der Waals surface area (Å²) in [6, 6.07) is 5.01. The first kappa shape index (κ1) is 12.6. The van der Waals surface area contributed by atoms with Crippen molar-refractivity contribution in [1.82, 2.24) is 9.97 Å². The van der Waals surface area contributed by atoms with E-state index in [0.717, 1.165) is 3.57 Å². The zero-order valence-electron chi connectivity index (χ0n) is 8.98. The summed E-state index contributed by atoms with van der Waals surface area (Å²) in [5.74, 6) is 0.0695. The molecule has 1 aromatic carbocycles. The van der Waals surface area contributed by atoms with Gasteiger partial charge in [-0.05, 0) is 40.8 Å². The Bertz CT molecular complexity index is 718. The van der Waals surface area contributed by atoms with Gasteiger partial charge in [0.05, 0.1) is 0 Å². The van der Waals surface area contributed by atoms with Gasteiger partial charge in [-0.1, -0.05) is 0 Å². The zero-order valence-corrected chi connectivity index (χ0v) is 11.1. The van der Waals surface area contributed by atoms with Crippen LogP contribution in [-0.4, -0.2) is 21.3 Å². The Kier molecular flexibility index (Phi) is 3.60. The number of hydrogen-bond acceptors (Lipinski definition) is 4. The van der Waals surface area contributed by atoms with Crippen molar-refractivity contribution < 1.29 is 5.11 Å². The molecule has 0 aliphatic rings. The fraction of sp³-hybridized carbons (Fsp3) is 0. The normalized spacial score (nSPS) is 10.9. The molecule has 6 nitrogen and oxygen atoms in total. The third kappa shape index (κ3) is 2.86. The van der Waals surface area contributed by atoms with Crippen molar-refractivity contribution in [2.45, 2.75) is 0 Å². The maximum Gasteiger partial charge on any atom is 0.325 e. The Morgan fingerprint density at radius 3 is 2.83 bits per heavy atom. The van der Waals surface area contributed by atoms with Gasteiger partial charge in [0.25, 0.3) is 5.56 Å². The van der Waals surface area contributed by atoms with Gasteiger partial charge in [-0.15, -0.1) is 0 Å². The van der Waals surface area contributed by atoms with Gasteiger partial charge < -0.3 is 10.1 Å². The summed E-state index contributed by atoms with van der Waals surface area (Å²) >= 11 is 2.10. The van der Waals surface area contributed by atoms with Crippen LogP contribution in [0, 0.1) is 3.57 Å². The fourth-order valence-electron chi connectivity index (χ4n) is 1.27. The van der Waals surface area contributed by atoms with E-state index in [1.807, 2.05) is 0 Å². The minimum atomic E-state index is -0.587. The summed E-state index contributed by atoms with van der Waals surface area (Å²) in [7, 11) is 0. The molecule has 0 aliphatic carbocycles. The summed E-state index contributed by atoms with van der Waals surface area (Å²) in [5.41, 5.74) is -0.614. The van der Waals surface area contributed by atoms with Crippen LogP contribution in [0.1, 0.15) is 5.56 Å². The van der Waals surface area contributed by atoms with Crippen LogP contribution in [0.4, 0.5) is 5.69 Å². The van der Waals surface area contributed by atoms with E-state index in [9.17, 15) is 14.7 Å². The first-order valence-corrected chi connectivity index (χ1v) is 5.99. The monoisotopic (exact) mass is 357 g/mol. The topological polar surface area (TPSA) is 98.3 Å². The molecule has 0 radical (unpaired) electrons. The number of rotatable bonds is 2. The second kappa shape index (κ2) is 5.17. The molecule has 3 N–H and O–H groups in total. The Labute approximate surface area is 115 Å². The predicted molar refractivity (Wildman–Crippen MR) is 75.8 cm³/mol. The van der Waals surface area contributed by atoms with Crippen molar-refractivity contribution >= 4 is 34.5 Å². The molecular formula is C11H8IN3O3. The van der Waals surface area contributed by atoms with Crippen molar-refractivity contribution in [1.29, 1.82) is 0 Å². The summed E-state index contributed by atoms with van der Waals surface area (Å²) in [6.07, 6.45) is 2.57. The average molecular weight is 357 g/mol. The lowest BCUT2D eigenvalue weighted by Gasteiger charge is -1.98. The lowest BCUT2D eigenvalue weighted by molar-refractivity contribution is 0.474. The van der Waals surface area contributed by atoms with Crippen LogP contribution < -0.4 is 11.2 Å². The van der Waals surface area contributed by atoms with Gasteiger partial charge in [-0.25, -0.2) is 9.79 Å². The molecule has 18 heavy (non-hydrogen) atoms. The van der Waals surface area contributed by atoms with Gasteiger partial charge in [0, 0.05) is 21.5 Å². The maximum atomic E-state index is 11.4. The van der Waals surface area contributed by atoms with Gasteiger partial charge in [-0.2, -0.15) is 0 Å². The first-order chi connectivity index (χ1) is 8.56. The van der Waals surface area contributed by atoms with Gasteiger partial charge in [0.2, 0.25) is 0 Å². The SMILES string of the molecule is O=c1[nH]cc(/N=C/c2cc(I)ccc2O)c(=O)[nH]1. The molecule has 0 aliphatic heterocycles. The van der Waals surface area contributed by atoms with Crippen LogP contribution in [0.2, 0.25) is 0 Å². The average Bonchev–Trinajstić information content (AvgIpc) is 2.32. The number of H-pyrrole nitrogens is 2. The number of benzene rings is 1. The Morgan fingerprint density at radius 2 is 2.11 bits per heavy atom. The molecule has 0 bridgehead atoms. The van der Waals surface area contributed by atoms with Crippen molar-refractivity contribution in [3.63, 3.8) is 0 Å². The molecule has 2 rings (SSSR count). The zero-order chi connectivity index (χ0) is 13.1. The molecule has 0 spiro atoms. The summed E-state index contributed by atoms with van der Waals surface area (Å²) < 4.78 is 0.933. The van der Waals surface area contributed by atoms with E-state index < -0.39 is 11.2 Å². The molecule has 0 amide bonds. The number of hydrogen-bond donors (Lipinski definition) is 3. The van der Waals surface area contributed by atoms with Crippen molar-refractivity contribution in [3.8, 4) is 5.75 Å². The number of phenolic OH excluding ortho intramolecular Hbond substituents is 1. The molecular weight excluding hydrogens is 349 g/mol. The molecule has 0 unspecified atom stereocenters. The summed E-state index contributed by atoms with van der Waals surface area (Å²) in [4.78, 5) is 30.5. The molecule has 92 valence electrons. The van der Waals surface area contributed by atoms with E-state index >= 15 is 0 Å². The third-order valence-electron chi connectivity index (χ3n) is 2.13. The number of phenols is 1. The van der Waals surface area contributed by atoms with Gasteiger partial charge in [0.1, 0.15) is 11.4 Å². The fourth-order valence-corrected chi connectivity index (χ4v) is 1.78. The van der Waals surface area contributed by atoms with E-state index in [0.29, 0.717) is 5.56 Å². The third-order valence-corrected chi connectivity index (χ3v) is 2.80. The predicted octanol–water partition coefficient (Wildman–Crippen LogP) is 1.12. The highest BCUT2D eigenvalue weighted by Gasteiger charge is 2.00. The first-order valence-electron chi connectivity index (χ1n) is 4.91. The Hall–Kier alpha value is -1.90.